The molecule has 0 heterocycles. The van der Waals surface area contributed by atoms with Gasteiger partial charge in [-0.2, -0.15) is 0 Å². The molecule has 0 aliphatic heterocycles. The lowest BCUT2D eigenvalue weighted by Gasteiger charge is -2.14. The summed E-state index contributed by atoms with van der Waals surface area (Å²) in [4.78, 5) is 10.4. The van der Waals surface area contributed by atoms with E-state index in [1.807, 2.05) is 13.0 Å². The molecule has 2 N–H and O–H groups in total. The lowest BCUT2D eigenvalue weighted by atomic mass is 10.1. The first-order chi connectivity index (χ1) is 10.5. The van der Waals surface area contributed by atoms with Crippen LogP contribution >= 0.6 is 0 Å². The third kappa shape index (κ3) is 3.87. The van der Waals surface area contributed by atoms with Crippen LogP contribution in [0.15, 0.2) is 42.5 Å². The maximum atomic E-state index is 13.3. The highest BCUT2D eigenvalue weighted by atomic mass is 19.1. The maximum absolute atomic E-state index is 13.3. The molecule has 2 aromatic rings. The van der Waals surface area contributed by atoms with Gasteiger partial charge in [-0.25, -0.2) is 4.39 Å². The summed E-state index contributed by atoms with van der Waals surface area (Å²) in [7, 11) is 0. The van der Waals surface area contributed by atoms with Crippen molar-refractivity contribution in [2.24, 2.45) is 0 Å². The average Bonchev–Trinajstić information content (AvgIpc) is 2.53. The predicted octanol–water partition coefficient (Wildman–Crippen LogP) is 3.08. The number of aliphatic hydroxyl groups excluding tert-OH is 1. The molecule has 0 fully saturated rings. The normalized spacial score (nSPS) is 12.1. The van der Waals surface area contributed by atoms with Crippen LogP contribution < -0.4 is 5.32 Å². The Bertz CT molecular complexity index is 676. The summed E-state index contributed by atoms with van der Waals surface area (Å²) >= 11 is 0. The molecule has 0 aromatic heterocycles. The number of nitrogens with one attached hydrogen (secondary N) is 1. The van der Waals surface area contributed by atoms with E-state index < -0.39 is 10.7 Å². The lowest BCUT2D eigenvalue weighted by molar-refractivity contribution is -0.384. The summed E-state index contributed by atoms with van der Waals surface area (Å²) in [5, 5.41) is 23.1. The monoisotopic (exact) mass is 304 g/mol. The SMILES string of the molecule is CC(NCc1ccc(F)c(CO)c1)c1cccc([N+](=O)[O-])c1. The van der Waals surface area contributed by atoms with Crippen LogP contribution in [0, 0.1) is 15.9 Å². The smallest absolute Gasteiger partial charge is 0.269 e. The third-order valence-electron chi connectivity index (χ3n) is 3.47. The van der Waals surface area contributed by atoms with Gasteiger partial charge in [0.2, 0.25) is 0 Å². The Hall–Kier alpha value is -2.31. The van der Waals surface area contributed by atoms with Crippen molar-refractivity contribution in [1.82, 2.24) is 5.32 Å². The number of halogens is 1. The minimum atomic E-state index is -0.432. The van der Waals surface area contributed by atoms with Gasteiger partial charge in [0, 0.05) is 30.3 Å². The molecule has 6 heteroatoms. The van der Waals surface area contributed by atoms with E-state index in [1.165, 1.54) is 18.2 Å². The number of benzene rings is 2. The van der Waals surface area contributed by atoms with E-state index in [0.717, 1.165) is 11.1 Å². The second-order valence-corrected chi connectivity index (χ2v) is 5.04. The van der Waals surface area contributed by atoms with Gasteiger partial charge >= 0.3 is 0 Å². The minimum absolute atomic E-state index is 0.0514. The second kappa shape index (κ2) is 7.11. The minimum Gasteiger partial charge on any atom is -0.392 e. The van der Waals surface area contributed by atoms with Crippen LogP contribution in [0.1, 0.15) is 29.7 Å². The molecule has 0 radical (unpaired) electrons. The zero-order chi connectivity index (χ0) is 16.1. The van der Waals surface area contributed by atoms with Gasteiger partial charge in [-0.1, -0.05) is 18.2 Å². The van der Waals surface area contributed by atoms with Crippen LogP contribution in [0.3, 0.4) is 0 Å². The molecule has 5 nitrogen and oxygen atoms in total. The van der Waals surface area contributed by atoms with E-state index in [1.54, 1.807) is 18.2 Å². The Labute approximate surface area is 127 Å². The van der Waals surface area contributed by atoms with Crippen molar-refractivity contribution in [2.75, 3.05) is 0 Å². The van der Waals surface area contributed by atoms with Crippen LogP contribution in [0.4, 0.5) is 10.1 Å². The molecule has 1 unspecified atom stereocenters. The molecule has 0 spiro atoms. The molecule has 2 aromatic carbocycles. The molecule has 0 aliphatic carbocycles. The fourth-order valence-corrected chi connectivity index (χ4v) is 2.16. The quantitative estimate of drug-likeness (QED) is 0.635. The number of rotatable bonds is 6. The van der Waals surface area contributed by atoms with Crippen LogP contribution in [0.25, 0.3) is 0 Å². The first kappa shape index (κ1) is 16.1. The fourth-order valence-electron chi connectivity index (χ4n) is 2.16. The number of aliphatic hydroxyl groups is 1. The summed E-state index contributed by atoms with van der Waals surface area (Å²) in [5.41, 5.74) is 1.94. The van der Waals surface area contributed by atoms with E-state index in [4.69, 9.17) is 5.11 Å². The zero-order valence-electron chi connectivity index (χ0n) is 12.1. The van der Waals surface area contributed by atoms with Crippen molar-refractivity contribution in [1.29, 1.82) is 0 Å². The molecular weight excluding hydrogens is 287 g/mol. The highest BCUT2D eigenvalue weighted by Gasteiger charge is 2.11. The molecule has 0 saturated heterocycles. The molecule has 0 saturated carbocycles. The summed E-state index contributed by atoms with van der Waals surface area (Å²) in [6.45, 7) is 2.02. The van der Waals surface area contributed by atoms with Crippen molar-refractivity contribution >= 4 is 5.69 Å². The van der Waals surface area contributed by atoms with Crippen molar-refractivity contribution in [3.8, 4) is 0 Å². The lowest BCUT2D eigenvalue weighted by Crippen LogP contribution is -2.18. The van der Waals surface area contributed by atoms with Gasteiger partial charge in [-0.05, 0) is 30.2 Å². The van der Waals surface area contributed by atoms with Gasteiger partial charge in [-0.15, -0.1) is 0 Å². The van der Waals surface area contributed by atoms with Crippen molar-refractivity contribution in [2.45, 2.75) is 26.1 Å². The Balaban J connectivity index is 2.05. The van der Waals surface area contributed by atoms with Crippen molar-refractivity contribution in [3.05, 3.63) is 75.1 Å². The third-order valence-corrected chi connectivity index (χ3v) is 3.47. The number of nitrogens with zero attached hydrogens (tertiary/aromatic N) is 1. The number of nitro benzene ring substituents is 1. The van der Waals surface area contributed by atoms with E-state index in [0.29, 0.717) is 6.54 Å². The summed E-state index contributed by atoms with van der Waals surface area (Å²) in [5.74, 6) is -0.432. The van der Waals surface area contributed by atoms with Gasteiger partial charge in [-0.3, -0.25) is 10.1 Å². The Morgan fingerprint density at radius 1 is 1.32 bits per heavy atom. The standard InChI is InChI=1S/C16H17FN2O3/c1-11(13-3-2-4-15(8-13)19(21)22)18-9-12-5-6-16(17)14(7-12)10-20/h2-8,11,18,20H,9-10H2,1H3. The zero-order valence-corrected chi connectivity index (χ0v) is 12.1. The number of hydrogen-bond acceptors (Lipinski definition) is 4. The Morgan fingerprint density at radius 2 is 2.09 bits per heavy atom. The van der Waals surface area contributed by atoms with E-state index in [-0.39, 0.29) is 23.9 Å². The molecular formula is C16H17FN2O3. The molecule has 2 rings (SSSR count). The van der Waals surface area contributed by atoms with Crippen molar-refractivity contribution in [3.63, 3.8) is 0 Å². The Kier molecular flexibility index (Phi) is 5.19. The largest absolute Gasteiger partial charge is 0.392 e. The Morgan fingerprint density at radius 3 is 2.77 bits per heavy atom. The molecule has 0 bridgehead atoms. The highest BCUT2D eigenvalue weighted by Crippen LogP contribution is 2.19. The molecule has 22 heavy (non-hydrogen) atoms. The number of nitro groups is 1. The van der Waals surface area contributed by atoms with Crippen LogP contribution in [-0.2, 0) is 13.2 Å². The van der Waals surface area contributed by atoms with E-state index in [2.05, 4.69) is 5.32 Å². The van der Waals surface area contributed by atoms with Gasteiger partial charge in [0.25, 0.3) is 5.69 Å². The van der Waals surface area contributed by atoms with Crippen LogP contribution in [0.2, 0.25) is 0 Å². The molecule has 0 amide bonds. The maximum Gasteiger partial charge on any atom is 0.269 e. The van der Waals surface area contributed by atoms with Gasteiger partial charge in [0.05, 0.1) is 11.5 Å². The average molecular weight is 304 g/mol. The predicted molar refractivity (Wildman–Crippen MR) is 80.7 cm³/mol. The fraction of sp³-hybridized carbons (Fsp3) is 0.250. The summed E-state index contributed by atoms with van der Waals surface area (Å²) in [6, 6.07) is 10.9. The van der Waals surface area contributed by atoms with Crippen molar-refractivity contribution < 1.29 is 14.4 Å². The van der Waals surface area contributed by atoms with E-state index >= 15 is 0 Å². The van der Waals surface area contributed by atoms with Crippen LogP contribution in [0.5, 0.6) is 0 Å². The van der Waals surface area contributed by atoms with Gasteiger partial charge in [0.1, 0.15) is 5.82 Å². The molecule has 1 atom stereocenters. The first-order valence-electron chi connectivity index (χ1n) is 6.87. The van der Waals surface area contributed by atoms with Gasteiger partial charge in [0.15, 0.2) is 0 Å². The molecule has 116 valence electrons. The van der Waals surface area contributed by atoms with Gasteiger partial charge < -0.3 is 10.4 Å². The topological polar surface area (TPSA) is 75.4 Å². The summed E-state index contributed by atoms with van der Waals surface area (Å²) < 4.78 is 13.3. The number of hydrogen-bond donors (Lipinski definition) is 2. The van der Waals surface area contributed by atoms with Crippen LogP contribution in [-0.4, -0.2) is 10.0 Å². The number of non-ortho nitro benzene ring substituents is 1. The highest BCUT2D eigenvalue weighted by molar-refractivity contribution is 5.35. The first-order valence-corrected chi connectivity index (χ1v) is 6.87. The summed E-state index contributed by atoms with van der Waals surface area (Å²) in [6.07, 6.45) is 0. The molecule has 0 aliphatic rings. The second-order valence-electron chi connectivity index (χ2n) is 5.04. The van der Waals surface area contributed by atoms with E-state index in [9.17, 15) is 14.5 Å².